The lowest BCUT2D eigenvalue weighted by atomic mass is 9.90. The molecule has 4 rings (SSSR count). The number of piperidine rings is 1. The van der Waals surface area contributed by atoms with Crippen molar-refractivity contribution in [1.82, 2.24) is 15.5 Å². The van der Waals surface area contributed by atoms with E-state index in [4.69, 9.17) is 4.74 Å². The average molecular weight is 401 g/mol. The first kappa shape index (κ1) is 19.5. The van der Waals surface area contributed by atoms with E-state index in [-0.39, 0.29) is 6.61 Å². The molecule has 0 atom stereocenters. The van der Waals surface area contributed by atoms with Crippen LogP contribution in [-0.4, -0.2) is 23.3 Å². The number of halogens is 3. The van der Waals surface area contributed by atoms with Gasteiger partial charge in [0.2, 0.25) is 0 Å². The Balaban J connectivity index is 1.44. The normalized spacial score (nSPS) is 15.4. The second-order valence-electron chi connectivity index (χ2n) is 7.23. The number of hydrogen-bond donors (Lipinski definition) is 2. The highest BCUT2D eigenvalue weighted by Crippen LogP contribution is 2.33. The molecule has 2 N–H and O–H groups in total. The van der Waals surface area contributed by atoms with E-state index in [2.05, 4.69) is 15.5 Å². The molecule has 0 spiro atoms. The summed E-state index contributed by atoms with van der Waals surface area (Å²) in [6.07, 6.45) is -0.356. The third-order valence-electron chi connectivity index (χ3n) is 5.24. The van der Waals surface area contributed by atoms with E-state index < -0.39 is 11.7 Å². The molecule has 2 heterocycles. The first-order valence-corrected chi connectivity index (χ1v) is 9.64. The molecule has 2 aromatic carbocycles. The fourth-order valence-corrected chi connectivity index (χ4v) is 3.68. The molecule has 0 saturated carbocycles. The minimum absolute atomic E-state index is 0.0787. The highest BCUT2D eigenvalue weighted by Gasteiger charge is 2.30. The first-order valence-electron chi connectivity index (χ1n) is 9.64. The molecule has 0 radical (unpaired) electrons. The maximum atomic E-state index is 12.8. The summed E-state index contributed by atoms with van der Waals surface area (Å²) in [5, 5.41) is 10.8. The molecule has 1 aliphatic rings. The molecule has 0 unspecified atom stereocenters. The zero-order chi connectivity index (χ0) is 20.3. The van der Waals surface area contributed by atoms with Crippen molar-refractivity contribution in [2.75, 3.05) is 13.1 Å². The lowest BCUT2D eigenvalue weighted by Crippen LogP contribution is -2.27. The van der Waals surface area contributed by atoms with Gasteiger partial charge in [0.25, 0.3) is 0 Å². The molecular formula is C22H22F3N3O. The lowest BCUT2D eigenvalue weighted by Gasteiger charge is -2.22. The second-order valence-corrected chi connectivity index (χ2v) is 7.23. The van der Waals surface area contributed by atoms with Gasteiger partial charge in [0.15, 0.2) is 0 Å². The van der Waals surface area contributed by atoms with Crippen LogP contribution in [0.4, 0.5) is 13.2 Å². The Kier molecular flexibility index (Phi) is 5.58. The number of aromatic nitrogens is 2. The molecule has 29 heavy (non-hydrogen) atoms. The van der Waals surface area contributed by atoms with Crippen LogP contribution in [0.3, 0.4) is 0 Å². The maximum absolute atomic E-state index is 12.8. The van der Waals surface area contributed by atoms with Crippen LogP contribution < -0.4 is 10.1 Å². The van der Waals surface area contributed by atoms with E-state index in [1.807, 2.05) is 30.5 Å². The Labute approximate surface area is 167 Å². The predicted molar refractivity (Wildman–Crippen MR) is 105 cm³/mol. The summed E-state index contributed by atoms with van der Waals surface area (Å²) in [7, 11) is 0. The summed E-state index contributed by atoms with van der Waals surface area (Å²) in [5.74, 6) is 1.07. The number of benzene rings is 2. The van der Waals surface area contributed by atoms with Gasteiger partial charge < -0.3 is 10.1 Å². The number of nitrogens with one attached hydrogen (secondary N) is 2. The molecule has 7 heteroatoms. The van der Waals surface area contributed by atoms with Crippen molar-refractivity contribution in [2.45, 2.75) is 31.5 Å². The Morgan fingerprint density at radius 3 is 2.52 bits per heavy atom. The van der Waals surface area contributed by atoms with E-state index in [9.17, 15) is 13.2 Å². The lowest BCUT2D eigenvalue weighted by molar-refractivity contribution is -0.137. The number of H-pyrrole nitrogens is 1. The Bertz CT molecular complexity index is 944. The third kappa shape index (κ3) is 4.62. The summed E-state index contributed by atoms with van der Waals surface area (Å²) in [4.78, 5) is 0. The van der Waals surface area contributed by atoms with Gasteiger partial charge in [-0.3, -0.25) is 5.10 Å². The van der Waals surface area contributed by atoms with Crippen molar-refractivity contribution in [2.24, 2.45) is 0 Å². The molecule has 1 aromatic heterocycles. The van der Waals surface area contributed by atoms with Crippen LogP contribution in [0, 0.1) is 0 Å². The van der Waals surface area contributed by atoms with Crippen molar-refractivity contribution in [3.63, 3.8) is 0 Å². The van der Waals surface area contributed by atoms with E-state index in [1.165, 1.54) is 6.07 Å². The van der Waals surface area contributed by atoms with Gasteiger partial charge in [-0.05, 0) is 61.3 Å². The first-order chi connectivity index (χ1) is 14.0. The van der Waals surface area contributed by atoms with Crippen LogP contribution in [0.15, 0.2) is 54.7 Å². The zero-order valence-electron chi connectivity index (χ0n) is 15.8. The van der Waals surface area contributed by atoms with Gasteiger partial charge >= 0.3 is 6.18 Å². The highest BCUT2D eigenvalue weighted by atomic mass is 19.4. The Hall–Kier alpha value is -2.80. The topological polar surface area (TPSA) is 49.9 Å². The Morgan fingerprint density at radius 1 is 1.03 bits per heavy atom. The molecule has 0 aliphatic carbocycles. The monoisotopic (exact) mass is 401 g/mol. The maximum Gasteiger partial charge on any atom is 0.416 e. The number of nitrogens with zero attached hydrogens (tertiary/aromatic N) is 1. The van der Waals surface area contributed by atoms with Crippen LogP contribution >= 0.6 is 0 Å². The fourth-order valence-electron chi connectivity index (χ4n) is 3.68. The van der Waals surface area contributed by atoms with Crippen molar-refractivity contribution in [3.05, 3.63) is 71.5 Å². The molecule has 0 amide bonds. The molecular weight excluding hydrogens is 379 g/mol. The molecule has 0 bridgehead atoms. The molecule has 1 aliphatic heterocycles. The van der Waals surface area contributed by atoms with Crippen LogP contribution in [0.25, 0.3) is 11.1 Å². The zero-order valence-corrected chi connectivity index (χ0v) is 15.8. The number of alkyl halides is 3. The number of aromatic amines is 1. The fraction of sp³-hybridized carbons (Fsp3) is 0.318. The van der Waals surface area contributed by atoms with Crippen molar-refractivity contribution < 1.29 is 17.9 Å². The smallest absolute Gasteiger partial charge is 0.416 e. The van der Waals surface area contributed by atoms with E-state index in [1.54, 1.807) is 6.07 Å². The molecule has 3 aromatic rings. The number of hydrogen-bond acceptors (Lipinski definition) is 3. The van der Waals surface area contributed by atoms with Crippen molar-refractivity contribution >= 4 is 0 Å². The number of ether oxygens (including phenoxy) is 1. The molecule has 1 saturated heterocycles. The second kappa shape index (κ2) is 8.29. The SMILES string of the molecule is FC(F)(F)c1cccc(COc2ccc(-c3cn[nH]c3C3CCNCC3)cc2)c1. The van der Waals surface area contributed by atoms with Crippen LogP contribution in [0.2, 0.25) is 0 Å². The van der Waals surface area contributed by atoms with E-state index in [0.717, 1.165) is 54.9 Å². The summed E-state index contributed by atoms with van der Waals surface area (Å²) in [6, 6.07) is 12.8. The van der Waals surface area contributed by atoms with Gasteiger partial charge in [-0.2, -0.15) is 18.3 Å². The van der Waals surface area contributed by atoms with Gasteiger partial charge in [0.1, 0.15) is 12.4 Å². The summed E-state index contributed by atoms with van der Waals surface area (Å²) in [6.45, 7) is 2.09. The van der Waals surface area contributed by atoms with Crippen LogP contribution in [0.5, 0.6) is 5.75 Å². The summed E-state index contributed by atoms with van der Waals surface area (Å²) in [5.41, 5.74) is 3.09. The van der Waals surface area contributed by atoms with Gasteiger partial charge in [-0.25, -0.2) is 0 Å². The van der Waals surface area contributed by atoms with E-state index >= 15 is 0 Å². The summed E-state index contributed by atoms with van der Waals surface area (Å²) >= 11 is 0. The molecule has 152 valence electrons. The van der Waals surface area contributed by atoms with E-state index in [0.29, 0.717) is 17.2 Å². The summed E-state index contributed by atoms with van der Waals surface area (Å²) < 4.78 is 44.2. The minimum atomic E-state index is -4.35. The average Bonchev–Trinajstić information content (AvgIpc) is 3.23. The number of rotatable bonds is 5. The molecule has 1 fully saturated rings. The van der Waals surface area contributed by atoms with Crippen LogP contribution in [-0.2, 0) is 12.8 Å². The molecule has 4 nitrogen and oxygen atoms in total. The highest BCUT2D eigenvalue weighted by molar-refractivity contribution is 5.66. The van der Waals surface area contributed by atoms with Gasteiger partial charge in [0.05, 0.1) is 11.8 Å². The third-order valence-corrected chi connectivity index (χ3v) is 5.24. The van der Waals surface area contributed by atoms with Crippen molar-refractivity contribution in [1.29, 1.82) is 0 Å². The van der Waals surface area contributed by atoms with Gasteiger partial charge in [0, 0.05) is 17.2 Å². The predicted octanol–water partition coefficient (Wildman–Crippen LogP) is 5.14. The minimum Gasteiger partial charge on any atom is -0.489 e. The van der Waals surface area contributed by atoms with Gasteiger partial charge in [-0.15, -0.1) is 0 Å². The largest absolute Gasteiger partial charge is 0.489 e. The van der Waals surface area contributed by atoms with Crippen LogP contribution in [0.1, 0.15) is 35.6 Å². The van der Waals surface area contributed by atoms with Crippen molar-refractivity contribution in [3.8, 4) is 16.9 Å². The standard InChI is InChI=1S/C22H22F3N3O/c23-22(24,25)18-3-1-2-15(12-18)14-29-19-6-4-16(5-7-19)20-13-27-28-21(20)17-8-10-26-11-9-17/h1-7,12-13,17,26H,8-11,14H2,(H,27,28). The Morgan fingerprint density at radius 2 is 1.79 bits per heavy atom. The quantitative estimate of drug-likeness (QED) is 0.622. The van der Waals surface area contributed by atoms with Gasteiger partial charge in [-0.1, -0.05) is 24.3 Å².